The lowest BCUT2D eigenvalue weighted by Gasteiger charge is -2.31. The van der Waals surface area contributed by atoms with Gasteiger partial charge in [0.1, 0.15) is 11.9 Å². The van der Waals surface area contributed by atoms with Crippen molar-refractivity contribution in [3.63, 3.8) is 0 Å². The van der Waals surface area contributed by atoms with E-state index in [-0.39, 0.29) is 37.7 Å². The molecule has 11 heteroatoms. The number of rotatable bonds is 11. The van der Waals surface area contributed by atoms with Gasteiger partial charge in [-0.1, -0.05) is 36.2 Å². The van der Waals surface area contributed by atoms with Gasteiger partial charge in [0.25, 0.3) is 0 Å². The molecule has 0 saturated heterocycles. The third-order valence-electron chi connectivity index (χ3n) is 5.25. The molecule has 34 heavy (non-hydrogen) atoms. The van der Waals surface area contributed by atoms with E-state index in [1.165, 1.54) is 36.2 Å². The molecule has 0 aromatic heterocycles. The SMILES string of the molecule is CC[C@H](C(=O)NC)N(Cc1ccc(Cl)cc1Cl)C(=O)CCCN(c1ccc(F)cc1)S(C)(=O)=O. The number of benzene rings is 2. The molecule has 2 rings (SSSR count). The number of nitrogens with one attached hydrogen (secondary N) is 1. The number of likely N-dealkylation sites (N-methyl/N-ethyl adjacent to an activating group) is 1. The van der Waals surface area contributed by atoms with Crippen LogP contribution in [0, 0.1) is 5.82 Å². The highest BCUT2D eigenvalue weighted by Gasteiger charge is 2.28. The van der Waals surface area contributed by atoms with Crippen LogP contribution in [0.15, 0.2) is 42.5 Å². The van der Waals surface area contributed by atoms with Crippen LogP contribution in [0.2, 0.25) is 10.0 Å². The highest BCUT2D eigenvalue weighted by atomic mass is 35.5. The van der Waals surface area contributed by atoms with Crippen molar-refractivity contribution in [1.82, 2.24) is 10.2 Å². The van der Waals surface area contributed by atoms with E-state index in [2.05, 4.69) is 5.32 Å². The maximum atomic E-state index is 13.3. The third-order valence-corrected chi connectivity index (χ3v) is 7.04. The predicted molar refractivity (Wildman–Crippen MR) is 133 cm³/mol. The molecule has 1 N–H and O–H groups in total. The summed E-state index contributed by atoms with van der Waals surface area (Å²) in [7, 11) is -2.16. The molecule has 0 radical (unpaired) electrons. The summed E-state index contributed by atoms with van der Waals surface area (Å²) in [6, 6.07) is 9.26. The highest BCUT2D eigenvalue weighted by molar-refractivity contribution is 7.92. The number of anilines is 1. The molecule has 0 bridgehead atoms. The van der Waals surface area contributed by atoms with Crippen molar-refractivity contribution in [1.29, 1.82) is 0 Å². The number of hydrogen-bond donors (Lipinski definition) is 1. The van der Waals surface area contributed by atoms with Crippen LogP contribution in [-0.4, -0.2) is 51.0 Å². The normalized spacial score (nSPS) is 12.2. The van der Waals surface area contributed by atoms with Gasteiger partial charge in [0.2, 0.25) is 21.8 Å². The second-order valence-electron chi connectivity index (χ2n) is 7.71. The minimum absolute atomic E-state index is 0.00802. The van der Waals surface area contributed by atoms with E-state index in [9.17, 15) is 22.4 Å². The van der Waals surface area contributed by atoms with Crippen LogP contribution in [0.5, 0.6) is 0 Å². The molecule has 0 aliphatic rings. The molecule has 0 unspecified atom stereocenters. The second kappa shape index (κ2) is 12.4. The first-order valence-corrected chi connectivity index (χ1v) is 13.3. The first-order chi connectivity index (χ1) is 16.0. The Labute approximate surface area is 209 Å². The van der Waals surface area contributed by atoms with E-state index in [0.29, 0.717) is 27.7 Å². The molecule has 0 aliphatic heterocycles. The first-order valence-electron chi connectivity index (χ1n) is 10.7. The van der Waals surface area contributed by atoms with E-state index in [1.807, 2.05) is 0 Å². The standard InChI is InChI=1S/C23H28Cl2FN3O4S/c1-4-21(23(31)27-2)28(15-16-7-8-17(24)14-20(16)25)22(30)6-5-13-29(34(3,32)33)19-11-9-18(26)10-12-19/h7-12,14,21H,4-6,13,15H2,1-3H3,(H,27,31)/t21-/m1/s1. The summed E-state index contributed by atoms with van der Waals surface area (Å²) >= 11 is 12.3. The number of carbonyl (C=O) groups is 2. The van der Waals surface area contributed by atoms with E-state index < -0.39 is 21.9 Å². The summed E-state index contributed by atoms with van der Waals surface area (Å²) in [5.41, 5.74) is 0.934. The van der Waals surface area contributed by atoms with Crippen molar-refractivity contribution < 1.29 is 22.4 Å². The van der Waals surface area contributed by atoms with Crippen LogP contribution in [0.4, 0.5) is 10.1 Å². The lowest BCUT2D eigenvalue weighted by Crippen LogP contribution is -2.48. The van der Waals surface area contributed by atoms with Gasteiger partial charge >= 0.3 is 0 Å². The summed E-state index contributed by atoms with van der Waals surface area (Å²) < 4.78 is 38.9. The minimum Gasteiger partial charge on any atom is -0.357 e. The Morgan fingerprint density at radius 3 is 2.29 bits per heavy atom. The molecule has 2 amide bonds. The third kappa shape index (κ3) is 7.58. The number of amides is 2. The molecule has 0 fully saturated rings. The Morgan fingerprint density at radius 1 is 1.12 bits per heavy atom. The molecule has 0 spiro atoms. The summed E-state index contributed by atoms with van der Waals surface area (Å²) in [5.74, 6) is -1.12. The maximum absolute atomic E-state index is 13.3. The predicted octanol–water partition coefficient (Wildman–Crippen LogP) is 4.23. The Hall–Kier alpha value is -2.36. The van der Waals surface area contributed by atoms with E-state index >= 15 is 0 Å². The molecule has 0 saturated carbocycles. The smallest absolute Gasteiger partial charge is 0.242 e. The van der Waals surface area contributed by atoms with E-state index in [1.54, 1.807) is 25.1 Å². The van der Waals surface area contributed by atoms with Gasteiger partial charge in [0.05, 0.1) is 11.9 Å². The summed E-state index contributed by atoms with van der Waals surface area (Å²) in [6.45, 7) is 1.90. The summed E-state index contributed by atoms with van der Waals surface area (Å²) in [4.78, 5) is 27.1. The number of carbonyl (C=O) groups excluding carboxylic acids is 2. The zero-order valence-electron chi connectivity index (χ0n) is 19.2. The largest absolute Gasteiger partial charge is 0.357 e. The van der Waals surface area contributed by atoms with E-state index in [4.69, 9.17) is 23.2 Å². The lowest BCUT2D eigenvalue weighted by atomic mass is 10.1. The van der Waals surface area contributed by atoms with Gasteiger partial charge in [-0.15, -0.1) is 0 Å². The van der Waals surface area contributed by atoms with Crippen LogP contribution >= 0.6 is 23.2 Å². The molecule has 0 heterocycles. The fourth-order valence-corrected chi connectivity index (χ4v) is 4.96. The van der Waals surface area contributed by atoms with Gasteiger partial charge in [-0.2, -0.15) is 0 Å². The molecular weight excluding hydrogens is 504 g/mol. The minimum atomic E-state index is -3.65. The van der Waals surface area contributed by atoms with Crippen molar-refractivity contribution in [2.75, 3.05) is 24.2 Å². The van der Waals surface area contributed by atoms with Crippen molar-refractivity contribution in [2.24, 2.45) is 0 Å². The Balaban J connectivity index is 2.21. The Bertz CT molecular complexity index is 1110. The van der Waals surface area contributed by atoms with Crippen molar-refractivity contribution in [3.8, 4) is 0 Å². The molecule has 1 atom stereocenters. The molecule has 2 aromatic rings. The van der Waals surface area contributed by atoms with Gasteiger partial charge < -0.3 is 10.2 Å². The number of sulfonamides is 1. The lowest BCUT2D eigenvalue weighted by molar-refractivity contribution is -0.141. The molecule has 0 aliphatic carbocycles. The number of nitrogens with zero attached hydrogens (tertiary/aromatic N) is 2. The topological polar surface area (TPSA) is 86.8 Å². The van der Waals surface area contributed by atoms with E-state index in [0.717, 1.165) is 10.6 Å². The number of hydrogen-bond acceptors (Lipinski definition) is 4. The van der Waals surface area contributed by atoms with Gasteiger partial charge in [0.15, 0.2) is 0 Å². The molecule has 186 valence electrons. The van der Waals surface area contributed by atoms with Gasteiger partial charge in [-0.25, -0.2) is 12.8 Å². The average Bonchev–Trinajstić information content (AvgIpc) is 2.77. The monoisotopic (exact) mass is 531 g/mol. The van der Waals surface area contributed by atoms with Crippen LogP contribution in [0.1, 0.15) is 31.7 Å². The van der Waals surface area contributed by atoms with Gasteiger partial charge in [-0.3, -0.25) is 13.9 Å². The highest BCUT2D eigenvalue weighted by Crippen LogP contribution is 2.25. The van der Waals surface area contributed by atoms with Crippen LogP contribution in [-0.2, 0) is 26.2 Å². The summed E-state index contributed by atoms with van der Waals surface area (Å²) in [5, 5.41) is 3.40. The van der Waals surface area contributed by atoms with Crippen LogP contribution in [0.3, 0.4) is 0 Å². The average molecular weight is 532 g/mol. The van der Waals surface area contributed by atoms with Crippen LogP contribution in [0.25, 0.3) is 0 Å². The Kier molecular flexibility index (Phi) is 10.1. The zero-order chi connectivity index (χ0) is 25.5. The van der Waals surface area contributed by atoms with Crippen molar-refractivity contribution >= 4 is 50.7 Å². The number of halogens is 3. The van der Waals surface area contributed by atoms with Crippen molar-refractivity contribution in [2.45, 2.75) is 38.8 Å². The van der Waals surface area contributed by atoms with Crippen LogP contribution < -0.4 is 9.62 Å². The molecule has 7 nitrogen and oxygen atoms in total. The zero-order valence-corrected chi connectivity index (χ0v) is 21.6. The van der Waals surface area contributed by atoms with Crippen molar-refractivity contribution in [3.05, 3.63) is 63.9 Å². The first kappa shape index (κ1) is 27.9. The molecular formula is C23H28Cl2FN3O4S. The fraction of sp³-hybridized carbons (Fsp3) is 0.391. The second-order valence-corrected chi connectivity index (χ2v) is 10.5. The quantitative estimate of drug-likeness (QED) is 0.469. The fourth-order valence-electron chi connectivity index (χ4n) is 3.53. The van der Waals surface area contributed by atoms with Gasteiger partial charge in [-0.05, 0) is 54.8 Å². The van der Waals surface area contributed by atoms with Gasteiger partial charge in [0, 0.05) is 36.6 Å². The molecule has 2 aromatic carbocycles. The summed E-state index contributed by atoms with van der Waals surface area (Å²) in [6.07, 6.45) is 1.61. The Morgan fingerprint density at radius 2 is 1.76 bits per heavy atom. The maximum Gasteiger partial charge on any atom is 0.242 e.